The second-order valence-corrected chi connectivity index (χ2v) is 6.85. The van der Waals surface area contributed by atoms with Crippen LogP contribution in [0.1, 0.15) is 24.8 Å². The van der Waals surface area contributed by atoms with E-state index >= 15 is 0 Å². The van der Waals surface area contributed by atoms with Gasteiger partial charge in [0.1, 0.15) is 11.5 Å². The van der Waals surface area contributed by atoms with Crippen LogP contribution in [-0.2, 0) is 11.3 Å². The Morgan fingerprint density at radius 3 is 2.50 bits per heavy atom. The van der Waals surface area contributed by atoms with Crippen LogP contribution in [0.4, 0.5) is 0 Å². The molecular weight excluding hydrogens is 326 g/mol. The lowest BCUT2D eigenvalue weighted by Crippen LogP contribution is -2.47. The summed E-state index contributed by atoms with van der Waals surface area (Å²) >= 11 is 0. The molecule has 2 aromatic carbocycles. The number of nitrogens with one attached hydrogen (secondary N) is 2. The Hall–Kier alpha value is -2.53. The Morgan fingerprint density at radius 1 is 1.08 bits per heavy atom. The van der Waals surface area contributed by atoms with Crippen molar-refractivity contribution in [2.24, 2.45) is 4.99 Å². The van der Waals surface area contributed by atoms with Crippen molar-refractivity contribution in [3.05, 3.63) is 60.2 Å². The van der Waals surface area contributed by atoms with E-state index in [1.165, 1.54) is 12.0 Å². The van der Waals surface area contributed by atoms with Crippen molar-refractivity contribution in [3.63, 3.8) is 0 Å². The van der Waals surface area contributed by atoms with Crippen molar-refractivity contribution in [1.82, 2.24) is 10.6 Å². The van der Waals surface area contributed by atoms with Gasteiger partial charge in [-0.15, -0.1) is 0 Å². The maximum atomic E-state index is 5.90. The van der Waals surface area contributed by atoms with Crippen molar-refractivity contribution in [2.45, 2.75) is 44.1 Å². The van der Waals surface area contributed by atoms with Crippen LogP contribution in [0, 0.1) is 0 Å². The molecular formula is C21H25N3O2. The van der Waals surface area contributed by atoms with E-state index in [1.54, 1.807) is 7.05 Å². The Kier molecular flexibility index (Phi) is 5.07. The number of aliphatic imine (C=N–C) groups is 1. The number of rotatable bonds is 5. The number of fused-ring (bicyclic) bond motifs is 2. The molecule has 0 radical (unpaired) electrons. The summed E-state index contributed by atoms with van der Waals surface area (Å²) in [6, 6.07) is 18.3. The summed E-state index contributed by atoms with van der Waals surface area (Å²) in [6.07, 6.45) is 4.21. The van der Waals surface area contributed by atoms with Gasteiger partial charge in [0.2, 0.25) is 0 Å². The largest absolute Gasteiger partial charge is 0.457 e. The van der Waals surface area contributed by atoms with E-state index in [2.05, 4.69) is 27.8 Å². The summed E-state index contributed by atoms with van der Waals surface area (Å²) in [4.78, 5) is 4.34. The van der Waals surface area contributed by atoms with Gasteiger partial charge in [-0.3, -0.25) is 4.99 Å². The standard InChI is InChI=1S/C21H25N3O2/c1-22-21(24-19-13-18-11-12-20(19)26-18)23-14-15-7-9-17(10-8-15)25-16-5-3-2-4-6-16/h2-10,18-20H,11-14H2,1H3,(H2,22,23,24). The van der Waals surface area contributed by atoms with Gasteiger partial charge in [0.05, 0.1) is 18.2 Å². The van der Waals surface area contributed by atoms with Gasteiger partial charge in [-0.05, 0) is 49.1 Å². The highest BCUT2D eigenvalue weighted by Gasteiger charge is 2.41. The molecule has 5 heteroatoms. The molecule has 2 aromatic rings. The Labute approximate surface area is 154 Å². The lowest BCUT2D eigenvalue weighted by molar-refractivity contribution is 0.0992. The van der Waals surface area contributed by atoms with Crippen molar-refractivity contribution in [1.29, 1.82) is 0 Å². The lowest BCUT2D eigenvalue weighted by Gasteiger charge is -2.22. The second kappa shape index (κ2) is 7.79. The summed E-state index contributed by atoms with van der Waals surface area (Å²) in [5.74, 6) is 2.51. The summed E-state index contributed by atoms with van der Waals surface area (Å²) in [5, 5.41) is 6.88. The van der Waals surface area contributed by atoms with Crippen LogP contribution >= 0.6 is 0 Å². The van der Waals surface area contributed by atoms with Crippen LogP contribution in [0.3, 0.4) is 0 Å². The molecule has 0 spiro atoms. The second-order valence-electron chi connectivity index (χ2n) is 6.85. The smallest absolute Gasteiger partial charge is 0.191 e. The molecule has 136 valence electrons. The SMILES string of the molecule is CN=C(NCc1ccc(Oc2ccccc2)cc1)NC1CC2CCC1O2. The lowest BCUT2D eigenvalue weighted by atomic mass is 9.96. The van der Waals surface area contributed by atoms with E-state index in [9.17, 15) is 0 Å². The average Bonchev–Trinajstić information content (AvgIpc) is 3.30. The molecule has 0 aromatic heterocycles. The highest BCUT2D eigenvalue weighted by Crippen LogP contribution is 2.34. The van der Waals surface area contributed by atoms with Gasteiger partial charge in [-0.25, -0.2) is 0 Å². The first kappa shape index (κ1) is 16.9. The van der Waals surface area contributed by atoms with Gasteiger partial charge in [-0.1, -0.05) is 30.3 Å². The van der Waals surface area contributed by atoms with Crippen LogP contribution in [0.25, 0.3) is 0 Å². The quantitative estimate of drug-likeness (QED) is 0.640. The van der Waals surface area contributed by atoms with Crippen LogP contribution in [-0.4, -0.2) is 31.3 Å². The first-order valence-electron chi connectivity index (χ1n) is 9.24. The van der Waals surface area contributed by atoms with Crippen LogP contribution in [0.2, 0.25) is 0 Å². The molecule has 2 bridgehead atoms. The molecule has 2 N–H and O–H groups in total. The van der Waals surface area contributed by atoms with Gasteiger partial charge < -0.3 is 20.1 Å². The molecule has 3 unspecified atom stereocenters. The van der Waals surface area contributed by atoms with Crippen molar-refractivity contribution in [2.75, 3.05) is 7.05 Å². The summed E-state index contributed by atoms with van der Waals surface area (Å²) in [5.41, 5.74) is 1.18. The van der Waals surface area contributed by atoms with Crippen LogP contribution < -0.4 is 15.4 Å². The third-order valence-corrected chi connectivity index (χ3v) is 5.01. The molecule has 2 heterocycles. The highest BCUT2D eigenvalue weighted by atomic mass is 16.5. The third-order valence-electron chi connectivity index (χ3n) is 5.01. The molecule has 0 amide bonds. The maximum absolute atomic E-state index is 5.90. The predicted octanol–water partition coefficient (Wildman–Crippen LogP) is 3.46. The van der Waals surface area contributed by atoms with Crippen LogP contribution in [0.5, 0.6) is 11.5 Å². The Morgan fingerprint density at radius 2 is 1.85 bits per heavy atom. The minimum absolute atomic E-state index is 0.341. The van der Waals surface area contributed by atoms with E-state index in [4.69, 9.17) is 9.47 Å². The van der Waals surface area contributed by atoms with Crippen molar-refractivity contribution < 1.29 is 9.47 Å². The normalized spacial score (nSPS) is 24.5. The molecule has 5 nitrogen and oxygen atoms in total. The van der Waals surface area contributed by atoms with E-state index < -0.39 is 0 Å². The number of para-hydroxylation sites is 1. The van der Waals surface area contributed by atoms with Crippen molar-refractivity contribution in [3.8, 4) is 11.5 Å². The number of nitrogens with zero attached hydrogens (tertiary/aromatic N) is 1. The van der Waals surface area contributed by atoms with E-state index in [0.29, 0.717) is 24.8 Å². The first-order valence-corrected chi connectivity index (χ1v) is 9.24. The zero-order valence-electron chi connectivity index (χ0n) is 15.0. The summed E-state index contributed by atoms with van der Waals surface area (Å²) in [7, 11) is 1.81. The van der Waals surface area contributed by atoms with Gasteiger partial charge in [0.25, 0.3) is 0 Å². The summed E-state index contributed by atoms with van der Waals surface area (Å²) < 4.78 is 11.7. The number of hydrogen-bond acceptors (Lipinski definition) is 3. The molecule has 0 saturated carbocycles. The molecule has 3 atom stereocenters. The summed E-state index contributed by atoms with van der Waals surface area (Å²) in [6.45, 7) is 0.715. The third kappa shape index (κ3) is 3.99. The minimum Gasteiger partial charge on any atom is -0.457 e. The molecule has 2 aliphatic heterocycles. The molecule has 2 saturated heterocycles. The fourth-order valence-corrected chi connectivity index (χ4v) is 3.65. The molecule has 2 fully saturated rings. The fraction of sp³-hybridized carbons (Fsp3) is 0.381. The van der Waals surface area contributed by atoms with E-state index in [-0.39, 0.29) is 0 Å². The Balaban J connectivity index is 1.28. The molecule has 0 aliphatic carbocycles. The minimum atomic E-state index is 0.341. The molecule has 4 rings (SSSR count). The van der Waals surface area contributed by atoms with Gasteiger partial charge in [0.15, 0.2) is 5.96 Å². The zero-order valence-corrected chi connectivity index (χ0v) is 15.0. The number of ether oxygens (including phenoxy) is 2. The number of hydrogen-bond donors (Lipinski definition) is 2. The number of benzene rings is 2. The van der Waals surface area contributed by atoms with Crippen molar-refractivity contribution >= 4 is 5.96 Å². The Bertz CT molecular complexity index is 746. The first-order chi connectivity index (χ1) is 12.8. The van der Waals surface area contributed by atoms with Crippen LogP contribution in [0.15, 0.2) is 59.6 Å². The molecule has 26 heavy (non-hydrogen) atoms. The van der Waals surface area contributed by atoms with Gasteiger partial charge in [-0.2, -0.15) is 0 Å². The zero-order chi connectivity index (χ0) is 17.8. The highest BCUT2D eigenvalue weighted by molar-refractivity contribution is 5.80. The molecule has 2 aliphatic rings. The maximum Gasteiger partial charge on any atom is 0.191 e. The average molecular weight is 351 g/mol. The predicted molar refractivity (Wildman–Crippen MR) is 103 cm³/mol. The van der Waals surface area contributed by atoms with E-state index in [1.807, 2.05) is 42.5 Å². The monoisotopic (exact) mass is 351 g/mol. The topological polar surface area (TPSA) is 54.9 Å². The van der Waals surface area contributed by atoms with Gasteiger partial charge >= 0.3 is 0 Å². The van der Waals surface area contributed by atoms with Gasteiger partial charge in [0, 0.05) is 13.6 Å². The van der Waals surface area contributed by atoms with E-state index in [0.717, 1.165) is 30.3 Å². The fourth-order valence-electron chi connectivity index (χ4n) is 3.65. The number of guanidine groups is 1.